The number of methoxy groups -OCH3 is 1. The van der Waals surface area contributed by atoms with Crippen LogP contribution in [0.1, 0.15) is 25.0 Å². The quantitative estimate of drug-likeness (QED) is 0.602. The zero-order valence-electron chi connectivity index (χ0n) is 11.7. The summed E-state index contributed by atoms with van der Waals surface area (Å²) in [6.07, 6.45) is 5.71. The largest absolute Gasteiger partial charge is 0.382 e. The number of nitrogens with one attached hydrogen (secondary N) is 1. The molecule has 0 aromatic carbocycles. The number of hydrogen-bond acceptors (Lipinski definition) is 5. The molecule has 0 amide bonds. The van der Waals surface area contributed by atoms with Crippen molar-refractivity contribution in [3.8, 4) is 0 Å². The van der Waals surface area contributed by atoms with Gasteiger partial charge in [-0.15, -0.1) is 5.10 Å². The van der Waals surface area contributed by atoms with Crippen molar-refractivity contribution in [2.24, 2.45) is 5.92 Å². The Morgan fingerprint density at radius 1 is 1.37 bits per heavy atom. The second-order valence-electron chi connectivity index (χ2n) is 5.01. The van der Waals surface area contributed by atoms with Gasteiger partial charge in [0.05, 0.1) is 18.9 Å². The van der Waals surface area contributed by atoms with Gasteiger partial charge in [0.1, 0.15) is 0 Å². The van der Waals surface area contributed by atoms with Gasteiger partial charge in [-0.05, 0) is 31.7 Å². The Bertz CT molecular complexity index is 352. The molecule has 0 saturated heterocycles. The lowest BCUT2D eigenvalue weighted by Gasteiger charge is -2.03. The molecule has 1 aliphatic carbocycles. The Morgan fingerprint density at radius 2 is 2.26 bits per heavy atom. The molecule has 1 N–H and O–H groups in total. The van der Waals surface area contributed by atoms with Gasteiger partial charge < -0.3 is 14.8 Å². The highest BCUT2D eigenvalue weighted by Crippen LogP contribution is 2.27. The molecular weight excluding hydrogens is 244 g/mol. The normalized spacial score (nSPS) is 15.0. The molecule has 0 spiro atoms. The van der Waals surface area contributed by atoms with E-state index < -0.39 is 0 Å². The highest BCUT2D eigenvalue weighted by molar-refractivity contribution is 4.92. The maximum atomic E-state index is 5.40. The predicted molar refractivity (Wildman–Crippen MR) is 71.8 cm³/mol. The molecule has 0 bridgehead atoms. The first-order valence-electron chi connectivity index (χ1n) is 7.05. The fraction of sp³-hybridized carbons (Fsp3) is 0.846. The third kappa shape index (κ3) is 6.13. The molecule has 6 heteroatoms. The summed E-state index contributed by atoms with van der Waals surface area (Å²) in [6, 6.07) is 0. The number of aromatic nitrogens is 3. The minimum Gasteiger partial charge on any atom is -0.382 e. The average Bonchev–Trinajstić information content (AvgIpc) is 3.13. The van der Waals surface area contributed by atoms with Gasteiger partial charge in [0.2, 0.25) is 0 Å². The van der Waals surface area contributed by atoms with Gasteiger partial charge in [-0.25, -0.2) is 0 Å². The number of rotatable bonds is 11. The van der Waals surface area contributed by atoms with Crippen LogP contribution in [0.5, 0.6) is 0 Å². The van der Waals surface area contributed by atoms with Crippen molar-refractivity contribution in [1.82, 2.24) is 20.3 Å². The molecule has 0 atom stereocenters. The van der Waals surface area contributed by atoms with E-state index >= 15 is 0 Å². The Morgan fingerprint density at radius 3 is 3.05 bits per heavy atom. The van der Waals surface area contributed by atoms with E-state index in [9.17, 15) is 0 Å². The zero-order valence-corrected chi connectivity index (χ0v) is 11.7. The van der Waals surface area contributed by atoms with Gasteiger partial charge in [0.25, 0.3) is 0 Å². The lowest BCUT2D eigenvalue weighted by atomic mass is 10.4. The number of ether oxygens (including phenoxy) is 2. The predicted octanol–water partition coefficient (Wildman–Crippen LogP) is 0.831. The minimum absolute atomic E-state index is 0.653. The number of aryl methyl sites for hydroxylation is 1. The molecule has 108 valence electrons. The second kappa shape index (κ2) is 8.24. The van der Waals surface area contributed by atoms with Gasteiger partial charge in [-0.1, -0.05) is 5.21 Å². The molecule has 1 saturated carbocycles. The average molecular weight is 268 g/mol. The van der Waals surface area contributed by atoms with E-state index in [0.717, 1.165) is 44.3 Å². The van der Waals surface area contributed by atoms with Crippen LogP contribution in [0.2, 0.25) is 0 Å². The van der Waals surface area contributed by atoms with E-state index in [1.165, 1.54) is 12.8 Å². The van der Waals surface area contributed by atoms with Crippen molar-refractivity contribution in [3.63, 3.8) is 0 Å². The highest BCUT2D eigenvalue weighted by atomic mass is 16.5. The van der Waals surface area contributed by atoms with Crippen LogP contribution in [-0.4, -0.2) is 48.5 Å². The summed E-state index contributed by atoms with van der Waals surface area (Å²) in [5.74, 6) is 0.902. The molecule has 0 aliphatic heterocycles. The van der Waals surface area contributed by atoms with Crippen molar-refractivity contribution >= 4 is 0 Å². The van der Waals surface area contributed by atoms with Crippen molar-refractivity contribution in [2.45, 2.75) is 32.4 Å². The van der Waals surface area contributed by atoms with Crippen molar-refractivity contribution in [2.75, 3.05) is 33.5 Å². The Kier molecular flexibility index (Phi) is 6.26. The van der Waals surface area contributed by atoms with Gasteiger partial charge in [-0.2, -0.15) is 0 Å². The van der Waals surface area contributed by atoms with Crippen LogP contribution in [0.4, 0.5) is 0 Å². The molecule has 1 heterocycles. The van der Waals surface area contributed by atoms with Gasteiger partial charge in [-0.3, -0.25) is 4.68 Å². The molecule has 6 nitrogen and oxygen atoms in total. The van der Waals surface area contributed by atoms with Crippen LogP contribution in [0.25, 0.3) is 0 Å². The molecule has 2 rings (SSSR count). The highest BCUT2D eigenvalue weighted by Gasteiger charge is 2.20. The molecule has 0 unspecified atom stereocenters. The minimum atomic E-state index is 0.653. The first-order valence-corrected chi connectivity index (χ1v) is 7.05. The van der Waals surface area contributed by atoms with Crippen LogP contribution in [0, 0.1) is 5.92 Å². The van der Waals surface area contributed by atoms with Gasteiger partial charge in [0.15, 0.2) is 0 Å². The first kappa shape index (κ1) is 14.4. The van der Waals surface area contributed by atoms with Crippen LogP contribution in [0.15, 0.2) is 6.20 Å². The fourth-order valence-corrected chi connectivity index (χ4v) is 1.83. The molecule has 0 radical (unpaired) electrons. The van der Waals surface area contributed by atoms with E-state index in [1.807, 2.05) is 10.9 Å². The van der Waals surface area contributed by atoms with E-state index in [0.29, 0.717) is 13.2 Å². The second-order valence-corrected chi connectivity index (χ2v) is 5.01. The molecule has 1 aliphatic rings. The van der Waals surface area contributed by atoms with Crippen molar-refractivity contribution in [1.29, 1.82) is 0 Å². The standard InChI is InChI=1S/C13H24N4O2/c1-18-7-8-19-6-2-5-17-11-13(15-16-17)10-14-9-12-3-4-12/h11-12,14H,2-10H2,1H3. The summed E-state index contributed by atoms with van der Waals surface area (Å²) < 4.78 is 12.2. The molecule has 1 fully saturated rings. The summed E-state index contributed by atoms with van der Waals surface area (Å²) in [5.41, 5.74) is 1.01. The maximum Gasteiger partial charge on any atom is 0.0964 e. The summed E-state index contributed by atoms with van der Waals surface area (Å²) in [6.45, 7) is 4.83. The third-order valence-electron chi connectivity index (χ3n) is 3.13. The smallest absolute Gasteiger partial charge is 0.0964 e. The zero-order chi connectivity index (χ0) is 13.3. The Labute approximate surface area is 114 Å². The van der Waals surface area contributed by atoms with E-state index in [-0.39, 0.29) is 0 Å². The molecule has 19 heavy (non-hydrogen) atoms. The first-order chi connectivity index (χ1) is 9.38. The van der Waals surface area contributed by atoms with E-state index in [1.54, 1.807) is 7.11 Å². The van der Waals surface area contributed by atoms with Gasteiger partial charge in [0, 0.05) is 33.0 Å². The fourth-order valence-electron chi connectivity index (χ4n) is 1.83. The van der Waals surface area contributed by atoms with Crippen molar-refractivity contribution < 1.29 is 9.47 Å². The van der Waals surface area contributed by atoms with Crippen LogP contribution in [-0.2, 0) is 22.6 Å². The number of nitrogens with zero attached hydrogens (tertiary/aromatic N) is 3. The van der Waals surface area contributed by atoms with Crippen LogP contribution < -0.4 is 5.32 Å². The van der Waals surface area contributed by atoms with Gasteiger partial charge >= 0.3 is 0 Å². The monoisotopic (exact) mass is 268 g/mol. The number of hydrogen-bond donors (Lipinski definition) is 1. The van der Waals surface area contributed by atoms with Crippen molar-refractivity contribution in [3.05, 3.63) is 11.9 Å². The summed E-state index contributed by atoms with van der Waals surface area (Å²) in [7, 11) is 1.68. The lowest BCUT2D eigenvalue weighted by molar-refractivity contribution is 0.0676. The molecule has 1 aromatic rings. The van der Waals surface area contributed by atoms with Crippen LogP contribution in [0.3, 0.4) is 0 Å². The molecule has 1 aromatic heterocycles. The Hall–Kier alpha value is -0.980. The SMILES string of the molecule is COCCOCCCn1cc(CNCC2CC2)nn1. The summed E-state index contributed by atoms with van der Waals surface area (Å²) in [4.78, 5) is 0. The Balaban J connectivity index is 1.52. The molecular formula is C13H24N4O2. The van der Waals surface area contributed by atoms with E-state index in [2.05, 4.69) is 15.6 Å². The summed E-state index contributed by atoms with van der Waals surface area (Å²) in [5, 5.41) is 11.7. The summed E-state index contributed by atoms with van der Waals surface area (Å²) >= 11 is 0. The maximum absolute atomic E-state index is 5.40. The topological polar surface area (TPSA) is 61.2 Å². The van der Waals surface area contributed by atoms with Crippen LogP contribution >= 0.6 is 0 Å². The lowest BCUT2D eigenvalue weighted by Crippen LogP contribution is -2.16. The van der Waals surface area contributed by atoms with E-state index in [4.69, 9.17) is 9.47 Å². The third-order valence-corrected chi connectivity index (χ3v) is 3.13.